The van der Waals surface area contributed by atoms with Gasteiger partial charge in [-0.2, -0.15) is 10.2 Å². The Balaban J connectivity index is 1.19. The zero-order valence-electron chi connectivity index (χ0n) is 17.7. The summed E-state index contributed by atoms with van der Waals surface area (Å²) in [6.45, 7) is 1.06. The van der Waals surface area contributed by atoms with Crippen LogP contribution in [-0.2, 0) is 13.0 Å². The number of fused-ring (bicyclic) bond motifs is 3. The first-order chi connectivity index (χ1) is 16.3. The number of aromatic amines is 1. The van der Waals surface area contributed by atoms with Gasteiger partial charge in [0.2, 0.25) is 0 Å². The number of hydrogen-bond acceptors (Lipinski definition) is 5. The van der Waals surface area contributed by atoms with Crippen LogP contribution < -0.4 is 4.74 Å². The van der Waals surface area contributed by atoms with E-state index in [0.717, 1.165) is 34.0 Å². The van der Waals surface area contributed by atoms with Crippen LogP contribution in [0.1, 0.15) is 22.3 Å². The van der Waals surface area contributed by atoms with Crippen molar-refractivity contribution in [1.82, 2.24) is 25.0 Å². The molecule has 0 spiro atoms. The Hall–Kier alpha value is -4.15. The molecule has 33 heavy (non-hydrogen) atoms. The number of ether oxygens (including phenoxy) is 1. The van der Waals surface area contributed by atoms with Crippen molar-refractivity contribution in [3.05, 3.63) is 94.9 Å². The molecule has 0 radical (unpaired) electrons. The summed E-state index contributed by atoms with van der Waals surface area (Å²) >= 11 is 1.68. The molecule has 0 atom stereocenters. The third-order valence-corrected chi connectivity index (χ3v) is 6.56. The molecule has 1 N–H and O–H groups in total. The molecule has 0 fully saturated rings. The lowest BCUT2D eigenvalue weighted by Gasteiger charge is -2.05. The van der Waals surface area contributed by atoms with Gasteiger partial charge in [-0.1, -0.05) is 42.2 Å². The van der Waals surface area contributed by atoms with Gasteiger partial charge in [0, 0.05) is 28.5 Å². The number of hydrogen-bond donors (Lipinski definition) is 1. The van der Waals surface area contributed by atoms with Crippen molar-refractivity contribution in [3.63, 3.8) is 0 Å². The van der Waals surface area contributed by atoms with Gasteiger partial charge >= 0.3 is 0 Å². The Bertz CT molecular complexity index is 1470. The van der Waals surface area contributed by atoms with E-state index < -0.39 is 0 Å². The van der Waals surface area contributed by atoms with Gasteiger partial charge in [0.15, 0.2) is 0 Å². The highest BCUT2D eigenvalue weighted by Crippen LogP contribution is 2.41. The van der Waals surface area contributed by atoms with E-state index >= 15 is 0 Å². The van der Waals surface area contributed by atoms with Gasteiger partial charge in [-0.25, -0.2) is 9.67 Å². The minimum atomic E-state index is 0.362. The lowest BCUT2D eigenvalue weighted by atomic mass is 10.1. The van der Waals surface area contributed by atoms with Gasteiger partial charge in [0.05, 0.1) is 22.8 Å². The smallest absolute Gasteiger partial charge is 0.149 e. The molecular weight excluding hydrogens is 430 g/mol. The standard InChI is InChI=1S/C26H19N5OS/c1-2-6-21(7-3-1)32-10-4-5-19-12-24(33-15-19)26-23-13-20-9-8-18(14-31-17-27-16-28-31)11-22(20)25(23)29-30-26/h1-3,6-9,11-12,15-17H,10,13-14H2,(H,29,30). The van der Waals surface area contributed by atoms with Crippen molar-refractivity contribution in [2.75, 3.05) is 6.61 Å². The number of H-pyrrole nitrogens is 1. The number of nitrogens with zero attached hydrogens (tertiary/aromatic N) is 4. The summed E-state index contributed by atoms with van der Waals surface area (Å²) in [6.07, 6.45) is 4.17. The molecule has 7 heteroatoms. The highest BCUT2D eigenvalue weighted by atomic mass is 32.1. The second-order valence-corrected chi connectivity index (χ2v) is 8.70. The maximum atomic E-state index is 5.65. The summed E-state index contributed by atoms with van der Waals surface area (Å²) in [4.78, 5) is 5.17. The summed E-state index contributed by atoms with van der Waals surface area (Å²) in [5.41, 5.74) is 8.04. The Morgan fingerprint density at radius 3 is 2.94 bits per heavy atom. The third kappa shape index (κ3) is 3.93. The average Bonchev–Trinajstić information content (AvgIpc) is 3.63. The molecule has 5 aromatic rings. The summed E-state index contributed by atoms with van der Waals surface area (Å²) in [5.74, 6) is 7.12. The molecule has 0 unspecified atom stereocenters. The molecule has 0 amide bonds. The first-order valence-electron chi connectivity index (χ1n) is 10.6. The van der Waals surface area contributed by atoms with Crippen LogP contribution in [0.4, 0.5) is 0 Å². The lowest BCUT2D eigenvalue weighted by Crippen LogP contribution is -2.00. The van der Waals surface area contributed by atoms with Gasteiger partial charge in [-0.3, -0.25) is 5.10 Å². The van der Waals surface area contributed by atoms with Gasteiger partial charge in [-0.15, -0.1) is 11.3 Å². The minimum absolute atomic E-state index is 0.362. The number of rotatable bonds is 5. The molecule has 0 saturated carbocycles. The molecule has 2 aromatic carbocycles. The maximum absolute atomic E-state index is 5.65. The van der Waals surface area contributed by atoms with E-state index in [1.807, 2.05) is 35.0 Å². The van der Waals surface area contributed by atoms with Crippen LogP contribution in [0.15, 0.2) is 72.6 Å². The van der Waals surface area contributed by atoms with Crippen molar-refractivity contribution in [1.29, 1.82) is 0 Å². The minimum Gasteiger partial charge on any atom is -0.481 e. The van der Waals surface area contributed by atoms with E-state index in [4.69, 9.17) is 4.74 Å². The van der Waals surface area contributed by atoms with Crippen molar-refractivity contribution >= 4 is 11.3 Å². The molecule has 160 valence electrons. The fourth-order valence-electron chi connectivity index (χ4n) is 4.06. The van der Waals surface area contributed by atoms with Gasteiger partial charge in [0.1, 0.15) is 25.0 Å². The Kier molecular flexibility index (Phi) is 4.98. The predicted molar refractivity (Wildman–Crippen MR) is 128 cm³/mol. The van der Waals surface area contributed by atoms with E-state index in [-0.39, 0.29) is 0 Å². The summed E-state index contributed by atoms with van der Waals surface area (Å²) in [7, 11) is 0. The predicted octanol–water partition coefficient (Wildman–Crippen LogP) is 4.78. The van der Waals surface area contributed by atoms with Crippen molar-refractivity contribution in [2.45, 2.75) is 13.0 Å². The second kappa shape index (κ2) is 8.41. The van der Waals surface area contributed by atoms with Crippen LogP contribution in [0.3, 0.4) is 0 Å². The van der Waals surface area contributed by atoms with Crippen LogP contribution in [0.5, 0.6) is 5.75 Å². The van der Waals surface area contributed by atoms with E-state index in [1.54, 1.807) is 24.0 Å². The summed E-state index contributed by atoms with van der Waals surface area (Å²) in [6, 6.07) is 18.4. The fourth-order valence-corrected chi connectivity index (χ4v) is 4.92. The van der Waals surface area contributed by atoms with E-state index in [9.17, 15) is 0 Å². The maximum Gasteiger partial charge on any atom is 0.149 e. The second-order valence-electron chi connectivity index (χ2n) is 7.79. The molecule has 3 aromatic heterocycles. The van der Waals surface area contributed by atoms with Crippen molar-refractivity contribution in [3.8, 4) is 39.4 Å². The largest absolute Gasteiger partial charge is 0.481 e. The Morgan fingerprint density at radius 1 is 1.12 bits per heavy atom. The Labute approximate surface area is 194 Å². The van der Waals surface area contributed by atoms with Crippen molar-refractivity contribution in [2.24, 2.45) is 0 Å². The van der Waals surface area contributed by atoms with Gasteiger partial charge in [-0.05, 0) is 35.4 Å². The SMILES string of the molecule is C(#Cc1csc(-c2[nH]nc3c2Cc2ccc(Cn4cncn4)cc2-3)c1)COc1ccccc1. The quantitative estimate of drug-likeness (QED) is 0.385. The van der Waals surface area contributed by atoms with E-state index in [0.29, 0.717) is 13.2 Å². The number of aromatic nitrogens is 5. The first-order valence-corrected chi connectivity index (χ1v) is 11.5. The van der Waals surface area contributed by atoms with E-state index in [1.165, 1.54) is 22.3 Å². The highest BCUT2D eigenvalue weighted by Gasteiger charge is 2.26. The number of para-hydroxylation sites is 1. The molecule has 6 rings (SSSR count). The topological polar surface area (TPSA) is 68.6 Å². The molecule has 0 bridgehead atoms. The van der Waals surface area contributed by atoms with Gasteiger partial charge < -0.3 is 4.74 Å². The molecule has 1 aliphatic rings. The van der Waals surface area contributed by atoms with Gasteiger partial charge in [0.25, 0.3) is 0 Å². The van der Waals surface area contributed by atoms with Crippen LogP contribution in [0, 0.1) is 11.8 Å². The highest BCUT2D eigenvalue weighted by molar-refractivity contribution is 7.13. The molecular formula is C26H19N5OS. The number of benzene rings is 2. The van der Waals surface area contributed by atoms with Crippen molar-refractivity contribution < 1.29 is 4.74 Å². The zero-order valence-corrected chi connectivity index (χ0v) is 18.5. The molecule has 3 heterocycles. The normalized spacial score (nSPS) is 11.5. The Morgan fingerprint density at radius 2 is 2.06 bits per heavy atom. The lowest BCUT2D eigenvalue weighted by molar-refractivity contribution is 0.370. The molecule has 0 saturated heterocycles. The average molecular weight is 450 g/mol. The zero-order chi connectivity index (χ0) is 22.0. The molecule has 1 aliphatic carbocycles. The molecule has 0 aliphatic heterocycles. The number of nitrogens with one attached hydrogen (secondary N) is 1. The van der Waals surface area contributed by atoms with E-state index in [2.05, 4.69) is 61.8 Å². The number of thiophene rings is 1. The molecule has 6 nitrogen and oxygen atoms in total. The van der Waals surface area contributed by atoms with Crippen LogP contribution >= 0.6 is 11.3 Å². The fraction of sp³-hybridized carbons (Fsp3) is 0.115. The van der Waals surface area contributed by atoms with Crippen LogP contribution in [-0.4, -0.2) is 31.6 Å². The first kappa shape index (κ1) is 19.5. The van der Waals surface area contributed by atoms with Crippen LogP contribution in [0.25, 0.3) is 21.8 Å². The third-order valence-electron chi connectivity index (χ3n) is 5.61. The monoisotopic (exact) mass is 449 g/mol. The summed E-state index contributed by atoms with van der Waals surface area (Å²) in [5, 5.41) is 14.2. The summed E-state index contributed by atoms with van der Waals surface area (Å²) < 4.78 is 7.48. The van der Waals surface area contributed by atoms with Crippen LogP contribution in [0.2, 0.25) is 0 Å².